The molecule has 0 radical (unpaired) electrons. The molecule has 0 spiro atoms. The molecule has 0 saturated carbocycles. The largest absolute Gasteiger partial charge is 0.306 e. The molecule has 1 rings (SSSR count). The van der Waals surface area contributed by atoms with Crippen LogP contribution in [0, 0.1) is 0 Å². The highest BCUT2D eigenvalue weighted by Crippen LogP contribution is 2.13. The van der Waals surface area contributed by atoms with Crippen LogP contribution in [-0.4, -0.2) is 25.0 Å². The van der Waals surface area contributed by atoms with Crippen LogP contribution in [0.1, 0.15) is 33.6 Å². The highest BCUT2D eigenvalue weighted by Gasteiger charge is 2.07. The van der Waals surface area contributed by atoms with Gasteiger partial charge in [0.05, 0.1) is 0 Å². The Morgan fingerprint density at radius 1 is 1.18 bits per heavy atom. The molecule has 1 aliphatic heterocycles. The van der Waals surface area contributed by atoms with Crippen LogP contribution in [0.15, 0.2) is 11.6 Å². The van der Waals surface area contributed by atoms with Crippen LogP contribution in [0.5, 0.6) is 0 Å². The molecular weight excluding hydrogens is 134 g/mol. The lowest BCUT2D eigenvalue weighted by Gasteiger charge is -2.23. The quantitative estimate of drug-likeness (QED) is 0.486. The SMILES string of the molecule is CC.CC=C1CCN(C)CC1. The topological polar surface area (TPSA) is 3.24 Å². The summed E-state index contributed by atoms with van der Waals surface area (Å²) in [4.78, 5) is 2.38. The molecule has 1 heterocycles. The summed E-state index contributed by atoms with van der Waals surface area (Å²) in [5, 5.41) is 0. The third-order valence-electron chi connectivity index (χ3n) is 2.04. The molecule has 0 unspecified atom stereocenters. The lowest BCUT2D eigenvalue weighted by atomic mass is 10.1. The molecule has 1 aliphatic rings. The van der Waals surface area contributed by atoms with Crippen LogP contribution >= 0.6 is 0 Å². The van der Waals surface area contributed by atoms with Gasteiger partial charge in [-0.1, -0.05) is 25.5 Å². The first-order valence-corrected chi connectivity index (χ1v) is 4.65. The van der Waals surface area contributed by atoms with Gasteiger partial charge in [-0.2, -0.15) is 0 Å². The third-order valence-corrected chi connectivity index (χ3v) is 2.04. The molecule has 1 heteroatoms. The third kappa shape index (κ3) is 4.20. The summed E-state index contributed by atoms with van der Waals surface area (Å²) in [6, 6.07) is 0. The summed E-state index contributed by atoms with van der Waals surface area (Å²) < 4.78 is 0. The molecule has 1 nitrogen and oxygen atoms in total. The molecule has 0 aliphatic carbocycles. The van der Waals surface area contributed by atoms with Crippen molar-refractivity contribution in [1.29, 1.82) is 0 Å². The Morgan fingerprint density at radius 3 is 2.00 bits per heavy atom. The van der Waals surface area contributed by atoms with E-state index in [1.54, 1.807) is 5.57 Å². The lowest BCUT2D eigenvalue weighted by molar-refractivity contribution is 0.312. The Bertz CT molecular complexity index is 106. The number of piperidine rings is 1. The zero-order valence-corrected chi connectivity index (χ0v) is 8.35. The maximum absolute atomic E-state index is 2.38. The molecular formula is C10H21N. The Kier molecular flexibility index (Phi) is 6.24. The van der Waals surface area contributed by atoms with E-state index in [2.05, 4.69) is 24.9 Å². The van der Waals surface area contributed by atoms with Crippen molar-refractivity contribution in [3.63, 3.8) is 0 Å². The zero-order chi connectivity index (χ0) is 8.69. The number of nitrogens with zero attached hydrogens (tertiary/aromatic N) is 1. The summed E-state index contributed by atoms with van der Waals surface area (Å²) in [5.41, 5.74) is 1.63. The van der Waals surface area contributed by atoms with E-state index in [4.69, 9.17) is 0 Å². The molecule has 66 valence electrons. The van der Waals surface area contributed by atoms with Crippen LogP contribution in [-0.2, 0) is 0 Å². The molecule has 11 heavy (non-hydrogen) atoms. The highest BCUT2D eigenvalue weighted by atomic mass is 15.1. The molecule has 1 saturated heterocycles. The van der Waals surface area contributed by atoms with E-state index in [-0.39, 0.29) is 0 Å². The van der Waals surface area contributed by atoms with Crippen LogP contribution in [0.2, 0.25) is 0 Å². The van der Waals surface area contributed by atoms with Gasteiger partial charge in [0, 0.05) is 13.1 Å². The van der Waals surface area contributed by atoms with E-state index in [1.165, 1.54) is 25.9 Å². The number of allylic oxidation sites excluding steroid dienone is 1. The summed E-state index contributed by atoms with van der Waals surface area (Å²) in [6.07, 6.45) is 4.83. The zero-order valence-electron chi connectivity index (χ0n) is 8.35. The maximum Gasteiger partial charge on any atom is 0.00157 e. The van der Waals surface area contributed by atoms with Crippen molar-refractivity contribution in [2.75, 3.05) is 20.1 Å². The summed E-state index contributed by atoms with van der Waals surface area (Å²) in [5.74, 6) is 0. The van der Waals surface area contributed by atoms with Gasteiger partial charge in [0.15, 0.2) is 0 Å². The smallest absolute Gasteiger partial charge is 0.00157 e. The Hall–Kier alpha value is -0.300. The number of hydrogen-bond donors (Lipinski definition) is 0. The molecule has 0 atom stereocenters. The molecule has 1 fully saturated rings. The minimum atomic E-state index is 1.25. The van der Waals surface area contributed by atoms with Crippen molar-refractivity contribution >= 4 is 0 Å². The van der Waals surface area contributed by atoms with E-state index in [1.807, 2.05) is 13.8 Å². The monoisotopic (exact) mass is 155 g/mol. The highest BCUT2D eigenvalue weighted by molar-refractivity contribution is 5.03. The minimum Gasteiger partial charge on any atom is -0.306 e. The molecule has 0 aromatic carbocycles. The molecule has 0 bridgehead atoms. The van der Waals surface area contributed by atoms with E-state index >= 15 is 0 Å². The first kappa shape index (κ1) is 10.7. The second-order valence-corrected chi connectivity index (χ2v) is 2.75. The van der Waals surface area contributed by atoms with Gasteiger partial charge >= 0.3 is 0 Å². The van der Waals surface area contributed by atoms with E-state index in [0.717, 1.165) is 0 Å². The van der Waals surface area contributed by atoms with Crippen molar-refractivity contribution in [3.8, 4) is 0 Å². The lowest BCUT2D eigenvalue weighted by Crippen LogP contribution is -2.26. The average Bonchev–Trinajstić information content (AvgIpc) is 2.10. The van der Waals surface area contributed by atoms with Gasteiger partial charge in [-0.3, -0.25) is 0 Å². The van der Waals surface area contributed by atoms with Crippen molar-refractivity contribution in [3.05, 3.63) is 11.6 Å². The predicted molar refractivity (Wildman–Crippen MR) is 51.8 cm³/mol. The predicted octanol–water partition coefficient (Wildman–Crippen LogP) is 2.68. The van der Waals surface area contributed by atoms with E-state index in [9.17, 15) is 0 Å². The van der Waals surface area contributed by atoms with Gasteiger partial charge < -0.3 is 4.90 Å². The van der Waals surface area contributed by atoms with Crippen molar-refractivity contribution in [1.82, 2.24) is 4.90 Å². The van der Waals surface area contributed by atoms with Crippen molar-refractivity contribution in [2.24, 2.45) is 0 Å². The van der Waals surface area contributed by atoms with Gasteiger partial charge in [0.1, 0.15) is 0 Å². The van der Waals surface area contributed by atoms with Gasteiger partial charge in [-0.15, -0.1) is 0 Å². The van der Waals surface area contributed by atoms with E-state index in [0.29, 0.717) is 0 Å². The van der Waals surface area contributed by atoms with Crippen molar-refractivity contribution < 1.29 is 0 Å². The van der Waals surface area contributed by atoms with Crippen LogP contribution < -0.4 is 0 Å². The standard InChI is InChI=1S/C8H15N.C2H6/c1-3-8-4-6-9(2)7-5-8;1-2/h3H,4-7H2,1-2H3;1-2H3. The number of rotatable bonds is 0. The van der Waals surface area contributed by atoms with E-state index < -0.39 is 0 Å². The van der Waals surface area contributed by atoms with Gasteiger partial charge in [0.25, 0.3) is 0 Å². The average molecular weight is 155 g/mol. The van der Waals surface area contributed by atoms with Gasteiger partial charge in [0.2, 0.25) is 0 Å². The van der Waals surface area contributed by atoms with Crippen LogP contribution in [0.4, 0.5) is 0 Å². The first-order chi connectivity index (χ1) is 5.33. The van der Waals surface area contributed by atoms with Crippen molar-refractivity contribution in [2.45, 2.75) is 33.6 Å². The summed E-state index contributed by atoms with van der Waals surface area (Å²) in [7, 11) is 2.19. The summed E-state index contributed by atoms with van der Waals surface area (Å²) >= 11 is 0. The molecule has 0 aromatic rings. The number of likely N-dealkylation sites (tertiary alicyclic amines) is 1. The Morgan fingerprint density at radius 2 is 1.64 bits per heavy atom. The maximum atomic E-state index is 2.38. The normalized spacial score (nSPS) is 18.7. The van der Waals surface area contributed by atoms with Crippen LogP contribution in [0.3, 0.4) is 0 Å². The fourth-order valence-electron chi connectivity index (χ4n) is 1.19. The molecule has 0 amide bonds. The fraction of sp³-hybridized carbons (Fsp3) is 0.800. The Labute approximate surface area is 71.1 Å². The molecule has 0 N–H and O–H groups in total. The second-order valence-electron chi connectivity index (χ2n) is 2.75. The van der Waals surface area contributed by atoms with Gasteiger partial charge in [-0.05, 0) is 26.8 Å². The second kappa shape index (κ2) is 6.41. The summed E-state index contributed by atoms with van der Waals surface area (Å²) in [6.45, 7) is 8.64. The van der Waals surface area contributed by atoms with Gasteiger partial charge in [-0.25, -0.2) is 0 Å². The Balaban J connectivity index is 0.000000461. The first-order valence-electron chi connectivity index (χ1n) is 4.65. The number of hydrogen-bond acceptors (Lipinski definition) is 1. The molecule has 0 aromatic heterocycles. The van der Waals surface area contributed by atoms with Crippen LogP contribution in [0.25, 0.3) is 0 Å². The minimum absolute atomic E-state index is 1.25. The fourth-order valence-corrected chi connectivity index (χ4v) is 1.19.